The minimum Gasteiger partial charge on any atom is -0.469 e. The number of hydrogen-bond acceptors (Lipinski definition) is 3. The van der Waals surface area contributed by atoms with E-state index in [1.807, 2.05) is 13.0 Å². The Hall–Kier alpha value is -0.810. The van der Waals surface area contributed by atoms with Gasteiger partial charge in [0.2, 0.25) is 10.0 Å². The summed E-state index contributed by atoms with van der Waals surface area (Å²) >= 11 is 0. The molecule has 0 aromatic carbocycles. The molecule has 0 aliphatic heterocycles. The molecule has 1 aromatic heterocycles. The first kappa shape index (κ1) is 12.3. The van der Waals surface area contributed by atoms with Gasteiger partial charge in [0, 0.05) is 20.0 Å². The van der Waals surface area contributed by atoms with E-state index in [1.165, 1.54) is 4.31 Å². The Morgan fingerprint density at radius 1 is 1.47 bits per heavy atom. The minimum absolute atomic E-state index is 0.210. The van der Waals surface area contributed by atoms with Crippen molar-refractivity contribution in [3.8, 4) is 0 Å². The molecular weight excluding hydrogens is 214 g/mol. The van der Waals surface area contributed by atoms with E-state index in [0.29, 0.717) is 19.4 Å². The Morgan fingerprint density at radius 2 is 2.20 bits per heavy atom. The van der Waals surface area contributed by atoms with E-state index >= 15 is 0 Å². The van der Waals surface area contributed by atoms with Crippen molar-refractivity contribution >= 4 is 10.0 Å². The maximum atomic E-state index is 11.6. The summed E-state index contributed by atoms with van der Waals surface area (Å²) in [5, 5.41) is 0. The lowest BCUT2D eigenvalue weighted by Gasteiger charge is -2.15. The SMILES string of the molecule is CCCS(=O)(=O)N(C)CCc1ccco1. The molecule has 0 fully saturated rings. The van der Waals surface area contributed by atoms with E-state index in [1.54, 1.807) is 19.4 Å². The maximum absolute atomic E-state index is 11.6. The Balaban J connectivity index is 2.45. The van der Waals surface area contributed by atoms with E-state index in [-0.39, 0.29) is 5.75 Å². The molecule has 0 saturated carbocycles. The van der Waals surface area contributed by atoms with Crippen molar-refractivity contribution in [3.63, 3.8) is 0 Å². The molecule has 0 atom stereocenters. The number of hydrogen-bond donors (Lipinski definition) is 0. The second kappa shape index (κ2) is 5.32. The summed E-state index contributed by atoms with van der Waals surface area (Å²) in [5.74, 6) is 1.02. The van der Waals surface area contributed by atoms with E-state index < -0.39 is 10.0 Å². The van der Waals surface area contributed by atoms with Crippen molar-refractivity contribution in [2.24, 2.45) is 0 Å². The second-order valence-corrected chi connectivity index (χ2v) is 5.66. The zero-order valence-corrected chi connectivity index (χ0v) is 9.96. The zero-order valence-electron chi connectivity index (χ0n) is 9.14. The molecule has 0 amide bonds. The molecule has 0 saturated heterocycles. The lowest BCUT2D eigenvalue weighted by atomic mass is 10.3. The summed E-state index contributed by atoms with van der Waals surface area (Å²) in [4.78, 5) is 0. The smallest absolute Gasteiger partial charge is 0.213 e. The highest BCUT2D eigenvalue weighted by atomic mass is 32.2. The molecular formula is C10H17NO3S. The molecule has 86 valence electrons. The first-order chi connectivity index (χ1) is 7.06. The van der Waals surface area contributed by atoms with Crippen LogP contribution in [0.4, 0.5) is 0 Å². The fraction of sp³-hybridized carbons (Fsp3) is 0.600. The lowest BCUT2D eigenvalue weighted by molar-refractivity contribution is 0.441. The van der Waals surface area contributed by atoms with E-state index in [0.717, 1.165) is 5.76 Å². The average Bonchev–Trinajstić information content (AvgIpc) is 2.66. The standard InChI is InChI=1S/C10H17NO3S/c1-3-9-15(12,13)11(2)7-6-10-5-4-8-14-10/h4-5,8H,3,6-7,9H2,1-2H3. The summed E-state index contributed by atoms with van der Waals surface area (Å²) < 4.78 is 29.7. The highest BCUT2D eigenvalue weighted by Crippen LogP contribution is 2.05. The topological polar surface area (TPSA) is 50.5 Å². The van der Waals surface area contributed by atoms with E-state index in [4.69, 9.17) is 4.42 Å². The van der Waals surface area contributed by atoms with Crippen molar-refractivity contribution < 1.29 is 12.8 Å². The molecule has 0 spiro atoms. The Morgan fingerprint density at radius 3 is 2.73 bits per heavy atom. The van der Waals surface area contributed by atoms with Gasteiger partial charge < -0.3 is 4.42 Å². The predicted molar refractivity (Wildman–Crippen MR) is 59.1 cm³/mol. The first-order valence-electron chi connectivity index (χ1n) is 5.02. The summed E-state index contributed by atoms with van der Waals surface area (Å²) in [7, 11) is -1.47. The van der Waals surface area contributed by atoms with Gasteiger partial charge in [-0.15, -0.1) is 0 Å². The van der Waals surface area contributed by atoms with Crippen LogP contribution in [0.15, 0.2) is 22.8 Å². The fourth-order valence-electron chi connectivity index (χ4n) is 1.28. The zero-order chi connectivity index (χ0) is 11.3. The molecule has 1 aromatic rings. The average molecular weight is 231 g/mol. The van der Waals surface area contributed by atoms with Gasteiger partial charge >= 0.3 is 0 Å². The number of furan rings is 1. The summed E-state index contributed by atoms with van der Waals surface area (Å²) in [6.45, 7) is 2.33. The van der Waals surface area contributed by atoms with Gasteiger partial charge in [0.25, 0.3) is 0 Å². The van der Waals surface area contributed by atoms with Gasteiger partial charge in [0.05, 0.1) is 12.0 Å². The second-order valence-electron chi connectivity index (χ2n) is 3.47. The van der Waals surface area contributed by atoms with Gasteiger partial charge in [-0.05, 0) is 18.6 Å². The third-order valence-electron chi connectivity index (χ3n) is 2.19. The van der Waals surface area contributed by atoms with Crippen LogP contribution in [0.3, 0.4) is 0 Å². The van der Waals surface area contributed by atoms with Crippen molar-refractivity contribution in [1.82, 2.24) is 4.31 Å². The van der Waals surface area contributed by atoms with Crippen molar-refractivity contribution in [1.29, 1.82) is 0 Å². The Kier molecular flexibility index (Phi) is 4.35. The normalized spacial score (nSPS) is 12.2. The number of rotatable bonds is 6. The van der Waals surface area contributed by atoms with Gasteiger partial charge in [0.15, 0.2) is 0 Å². The number of nitrogens with zero attached hydrogens (tertiary/aromatic N) is 1. The van der Waals surface area contributed by atoms with E-state index in [2.05, 4.69) is 0 Å². The van der Waals surface area contributed by atoms with Crippen LogP contribution in [0, 0.1) is 0 Å². The molecule has 0 aliphatic carbocycles. The molecule has 5 heteroatoms. The van der Waals surface area contributed by atoms with Crippen LogP contribution in [-0.4, -0.2) is 32.1 Å². The lowest BCUT2D eigenvalue weighted by Crippen LogP contribution is -2.30. The van der Waals surface area contributed by atoms with Crippen molar-refractivity contribution in [2.75, 3.05) is 19.3 Å². The molecule has 0 radical (unpaired) electrons. The monoisotopic (exact) mass is 231 g/mol. The summed E-state index contributed by atoms with van der Waals surface area (Å²) in [6.07, 6.45) is 2.86. The van der Waals surface area contributed by atoms with Crippen LogP contribution < -0.4 is 0 Å². The maximum Gasteiger partial charge on any atom is 0.213 e. The third-order valence-corrected chi connectivity index (χ3v) is 4.25. The summed E-state index contributed by atoms with van der Waals surface area (Å²) in [5.41, 5.74) is 0. The fourth-order valence-corrected chi connectivity index (χ4v) is 2.47. The highest BCUT2D eigenvalue weighted by molar-refractivity contribution is 7.89. The van der Waals surface area contributed by atoms with Gasteiger partial charge in [-0.1, -0.05) is 6.92 Å². The van der Waals surface area contributed by atoms with Crippen LogP contribution in [0.1, 0.15) is 19.1 Å². The van der Waals surface area contributed by atoms with Crippen LogP contribution in [-0.2, 0) is 16.4 Å². The molecule has 0 aliphatic rings. The molecule has 0 N–H and O–H groups in total. The molecule has 0 bridgehead atoms. The minimum atomic E-state index is -3.07. The van der Waals surface area contributed by atoms with Crippen molar-refractivity contribution in [3.05, 3.63) is 24.2 Å². The highest BCUT2D eigenvalue weighted by Gasteiger charge is 2.16. The van der Waals surface area contributed by atoms with E-state index in [9.17, 15) is 8.42 Å². The first-order valence-corrected chi connectivity index (χ1v) is 6.63. The number of sulfonamides is 1. The van der Waals surface area contributed by atoms with Crippen LogP contribution >= 0.6 is 0 Å². The van der Waals surface area contributed by atoms with Crippen LogP contribution in [0.25, 0.3) is 0 Å². The number of likely N-dealkylation sites (N-methyl/N-ethyl adjacent to an activating group) is 1. The van der Waals surface area contributed by atoms with Crippen molar-refractivity contribution in [2.45, 2.75) is 19.8 Å². The quantitative estimate of drug-likeness (QED) is 0.745. The van der Waals surface area contributed by atoms with Gasteiger partial charge in [0.1, 0.15) is 5.76 Å². The molecule has 4 nitrogen and oxygen atoms in total. The molecule has 1 rings (SSSR count). The van der Waals surface area contributed by atoms with Crippen LogP contribution in [0.2, 0.25) is 0 Å². The molecule has 0 unspecified atom stereocenters. The molecule has 1 heterocycles. The largest absolute Gasteiger partial charge is 0.469 e. The Labute approximate surface area is 90.9 Å². The summed E-state index contributed by atoms with van der Waals surface area (Å²) in [6, 6.07) is 3.65. The predicted octanol–water partition coefficient (Wildman–Crippen LogP) is 1.49. The van der Waals surface area contributed by atoms with Gasteiger partial charge in [-0.2, -0.15) is 0 Å². The molecule has 15 heavy (non-hydrogen) atoms. The van der Waals surface area contributed by atoms with Gasteiger partial charge in [-0.3, -0.25) is 0 Å². The third kappa shape index (κ3) is 3.68. The van der Waals surface area contributed by atoms with Crippen LogP contribution in [0.5, 0.6) is 0 Å². The Bertz CT molecular complexity index is 369. The van der Waals surface area contributed by atoms with Gasteiger partial charge in [-0.25, -0.2) is 12.7 Å².